The molecule has 0 saturated carbocycles. The molecule has 1 atom stereocenters. The molecule has 0 aliphatic heterocycles. The number of hydrogen-bond acceptors (Lipinski definition) is 6. The first kappa shape index (κ1) is 64.0. The highest BCUT2D eigenvalue weighted by molar-refractivity contribution is 5.71. The highest BCUT2D eigenvalue weighted by Gasteiger charge is 2.19. The zero-order valence-corrected chi connectivity index (χ0v) is 43.8. The maximum absolute atomic E-state index is 12.8. The molecule has 0 radical (unpaired) electrons. The van der Waals surface area contributed by atoms with Crippen LogP contribution in [0.3, 0.4) is 0 Å². The Labute approximate surface area is 422 Å². The van der Waals surface area contributed by atoms with Gasteiger partial charge in [-0.1, -0.05) is 211 Å². The van der Waals surface area contributed by atoms with Gasteiger partial charge in [0.1, 0.15) is 13.2 Å². The van der Waals surface area contributed by atoms with Gasteiger partial charge in [0, 0.05) is 19.3 Å². The Kier molecular flexibility index (Phi) is 51.6. The lowest BCUT2D eigenvalue weighted by molar-refractivity contribution is -0.166. The molecular weight excluding hydrogens is 853 g/mol. The van der Waals surface area contributed by atoms with Crippen molar-refractivity contribution in [3.05, 3.63) is 158 Å². The Morgan fingerprint density at radius 2 is 0.609 bits per heavy atom. The fraction of sp³-hybridized carbons (Fsp3) is 0.540. The van der Waals surface area contributed by atoms with Crippen LogP contribution in [0.4, 0.5) is 0 Å². The summed E-state index contributed by atoms with van der Waals surface area (Å²) in [5.41, 5.74) is 0. The SMILES string of the molecule is CC/C=C\C/C=C\C/C=C\C/C=C\C/C=C\C/C=C\CCC(=O)OC[C@H](COC(=O)CCC/C=C\C/C=C\C/C=C\CCCCCCCC)OC(=O)CCCC/C=C\C/C=C\C/C=C\C/C=C\CC. The summed E-state index contributed by atoms with van der Waals surface area (Å²) in [6.07, 6.45) is 81.1. The third-order valence-corrected chi connectivity index (χ3v) is 10.5. The van der Waals surface area contributed by atoms with Crippen molar-refractivity contribution in [1.29, 1.82) is 0 Å². The van der Waals surface area contributed by atoms with Gasteiger partial charge in [0.15, 0.2) is 6.10 Å². The number of hydrogen-bond donors (Lipinski definition) is 0. The van der Waals surface area contributed by atoms with Crippen LogP contribution >= 0.6 is 0 Å². The smallest absolute Gasteiger partial charge is 0.306 e. The van der Waals surface area contributed by atoms with Crippen molar-refractivity contribution in [3.8, 4) is 0 Å². The Balaban J connectivity index is 4.67. The molecule has 0 aromatic carbocycles. The van der Waals surface area contributed by atoms with Crippen molar-refractivity contribution in [2.45, 2.75) is 207 Å². The Morgan fingerprint density at radius 1 is 0.304 bits per heavy atom. The largest absolute Gasteiger partial charge is 0.462 e. The molecule has 0 aliphatic rings. The Bertz CT molecular complexity index is 1610. The molecule has 0 saturated heterocycles. The second-order valence-electron chi connectivity index (χ2n) is 17.0. The minimum absolute atomic E-state index is 0.152. The van der Waals surface area contributed by atoms with Crippen LogP contribution in [0, 0.1) is 0 Å². The van der Waals surface area contributed by atoms with Gasteiger partial charge < -0.3 is 14.2 Å². The van der Waals surface area contributed by atoms with E-state index in [-0.39, 0.29) is 44.4 Å². The van der Waals surface area contributed by atoms with Crippen LogP contribution in [-0.4, -0.2) is 37.2 Å². The average molecular weight is 949 g/mol. The highest BCUT2D eigenvalue weighted by Crippen LogP contribution is 2.10. The van der Waals surface area contributed by atoms with Crippen LogP contribution in [0.15, 0.2) is 158 Å². The quantitative estimate of drug-likeness (QED) is 0.0262. The number of esters is 3. The van der Waals surface area contributed by atoms with E-state index in [1.54, 1.807) is 0 Å². The molecule has 0 amide bonds. The van der Waals surface area contributed by atoms with Crippen molar-refractivity contribution < 1.29 is 28.6 Å². The van der Waals surface area contributed by atoms with Gasteiger partial charge in [0.2, 0.25) is 0 Å². The average Bonchev–Trinajstić information content (AvgIpc) is 3.35. The maximum atomic E-state index is 12.8. The van der Waals surface area contributed by atoms with E-state index >= 15 is 0 Å². The van der Waals surface area contributed by atoms with Crippen LogP contribution < -0.4 is 0 Å². The molecule has 0 heterocycles. The zero-order chi connectivity index (χ0) is 50.0. The van der Waals surface area contributed by atoms with Gasteiger partial charge in [-0.2, -0.15) is 0 Å². The summed E-state index contributed by atoms with van der Waals surface area (Å²) in [5.74, 6) is -1.14. The Morgan fingerprint density at radius 3 is 1.01 bits per heavy atom. The number of ether oxygens (including phenoxy) is 3. The lowest BCUT2D eigenvalue weighted by Gasteiger charge is -2.18. The van der Waals surface area contributed by atoms with Crippen LogP contribution in [0.25, 0.3) is 0 Å². The van der Waals surface area contributed by atoms with E-state index < -0.39 is 12.1 Å². The molecule has 384 valence electrons. The van der Waals surface area contributed by atoms with Crippen LogP contribution in [0.5, 0.6) is 0 Å². The molecule has 6 nitrogen and oxygen atoms in total. The predicted molar refractivity (Wildman–Crippen MR) is 297 cm³/mol. The summed E-state index contributed by atoms with van der Waals surface area (Å²) in [6, 6.07) is 0. The van der Waals surface area contributed by atoms with Gasteiger partial charge in [0.05, 0.1) is 0 Å². The molecule has 0 aromatic rings. The van der Waals surface area contributed by atoms with Gasteiger partial charge in [-0.05, 0) is 128 Å². The first-order chi connectivity index (χ1) is 34.0. The Hall–Kier alpha value is -4.97. The van der Waals surface area contributed by atoms with Crippen LogP contribution in [0.2, 0.25) is 0 Å². The van der Waals surface area contributed by atoms with Gasteiger partial charge in [-0.3, -0.25) is 14.4 Å². The number of carbonyl (C=O) groups is 3. The van der Waals surface area contributed by atoms with Gasteiger partial charge in [-0.25, -0.2) is 0 Å². The van der Waals surface area contributed by atoms with Gasteiger partial charge in [0.25, 0.3) is 0 Å². The maximum Gasteiger partial charge on any atom is 0.306 e. The van der Waals surface area contributed by atoms with Crippen molar-refractivity contribution >= 4 is 17.9 Å². The van der Waals surface area contributed by atoms with Gasteiger partial charge >= 0.3 is 17.9 Å². The normalized spacial score (nSPS) is 13.4. The van der Waals surface area contributed by atoms with Crippen molar-refractivity contribution in [1.82, 2.24) is 0 Å². The molecule has 0 rings (SSSR count). The summed E-state index contributed by atoms with van der Waals surface area (Å²) in [4.78, 5) is 38.0. The molecule has 0 spiro atoms. The summed E-state index contributed by atoms with van der Waals surface area (Å²) >= 11 is 0. The molecule has 0 aliphatic carbocycles. The number of allylic oxidation sites excluding steroid dienone is 26. The molecule has 69 heavy (non-hydrogen) atoms. The minimum Gasteiger partial charge on any atom is -0.462 e. The van der Waals surface area contributed by atoms with Crippen molar-refractivity contribution in [2.24, 2.45) is 0 Å². The first-order valence-electron chi connectivity index (χ1n) is 27.0. The topological polar surface area (TPSA) is 78.9 Å². The monoisotopic (exact) mass is 949 g/mol. The molecule has 0 unspecified atom stereocenters. The lowest BCUT2D eigenvalue weighted by Crippen LogP contribution is -2.30. The lowest BCUT2D eigenvalue weighted by atomic mass is 10.1. The van der Waals surface area contributed by atoms with E-state index in [9.17, 15) is 14.4 Å². The molecule has 0 N–H and O–H groups in total. The van der Waals surface area contributed by atoms with Crippen LogP contribution in [0.1, 0.15) is 201 Å². The standard InChI is InChI=1S/C63H96O6/c1-4-7-10-13-16-19-22-25-28-30-31-33-36-38-41-44-47-50-53-56-62(65)68-59-60(69-63(66)57-54-51-48-45-42-39-34-27-24-21-18-15-12-9-6-3)58-67-61(64)55-52-49-46-43-40-37-35-32-29-26-23-20-17-14-11-8-5-2/h7,9-10,12,16,18-19,21,25-29,31,33-35,37-38,41-43,45-47,50,60H,4-6,8,11,13-15,17,20,22-24,30,32,36,39-40,44,48-49,51-59H2,1-3H3/b10-7-,12-9-,19-16-,21-18-,28-25-,29-26-,33-31-,34-27-,37-35-,41-38-,45-42-,46-43-,50-47-/t60-/m0/s1. The van der Waals surface area contributed by atoms with Crippen molar-refractivity contribution in [3.63, 3.8) is 0 Å². The summed E-state index contributed by atoms with van der Waals surface area (Å²) in [5, 5.41) is 0. The molecule has 0 fully saturated rings. The summed E-state index contributed by atoms with van der Waals surface area (Å²) in [7, 11) is 0. The van der Waals surface area contributed by atoms with Crippen LogP contribution in [-0.2, 0) is 28.6 Å². The third-order valence-electron chi connectivity index (χ3n) is 10.5. The number of rotatable bonds is 46. The number of unbranched alkanes of at least 4 members (excludes halogenated alkanes) is 9. The summed E-state index contributed by atoms with van der Waals surface area (Å²) in [6.45, 7) is 6.23. The van der Waals surface area contributed by atoms with E-state index in [2.05, 4.69) is 167 Å². The third kappa shape index (κ3) is 53.8. The van der Waals surface area contributed by atoms with E-state index in [1.807, 2.05) is 12.2 Å². The molecule has 6 heteroatoms. The zero-order valence-electron chi connectivity index (χ0n) is 43.8. The van der Waals surface area contributed by atoms with E-state index in [0.29, 0.717) is 19.3 Å². The summed E-state index contributed by atoms with van der Waals surface area (Å²) < 4.78 is 16.7. The fourth-order valence-corrected chi connectivity index (χ4v) is 6.53. The predicted octanol–water partition coefficient (Wildman–Crippen LogP) is 18.2. The van der Waals surface area contributed by atoms with Crippen molar-refractivity contribution in [2.75, 3.05) is 13.2 Å². The minimum atomic E-state index is -0.859. The second-order valence-corrected chi connectivity index (χ2v) is 17.0. The first-order valence-corrected chi connectivity index (χ1v) is 27.0. The van der Waals surface area contributed by atoms with E-state index in [0.717, 1.165) is 96.3 Å². The molecular formula is C63H96O6. The fourth-order valence-electron chi connectivity index (χ4n) is 6.53. The van der Waals surface area contributed by atoms with E-state index in [4.69, 9.17) is 14.2 Å². The second kappa shape index (κ2) is 55.6. The molecule has 0 bridgehead atoms. The number of carbonyl (C=O) groups excluding carboxylic acids is 3. The van der Waals surface area contributed by atoms with E-state index in [1.165, 1.54) is 44.9 Å². The highest BCUT2D eigenvalue weighted by atomic mass is 16.6. The molecule has 0 aromatic heterocycles. The van der Waals surface area contributed by atoms with Gasteiger partial charge in [-0.15, -0.1) is 0 Å².